The number of nitrogens with one attached hydrogen (secondary N) is 1. The number of thiazole rings is 1. The van der Waals surface area contributed by atoms with Gasteiger partial charge in [0.25, 0.3) is 0 Å². The van der Waals surface area contributed by atoms with Gasteiger partial charge >= 0.3 is 0 Å². The Morgan fingerprint density at radius 3 is 2.40 bits per heavy atom. The van der Waals surface area contributed by atoms with Crippen LogP contribution in [0.3, 0.4) is 0 Å². The van der Waals surface area contributed by atoms with Crippen LogP contribution < -0.4 is 11.1 Å². The van der Waals surface area contributed by atoms with Crippen molar-refractivity contribution in [3.63, 3.8) is 0 Å². The average molecular weight is 408 g/mol. The van der Waals surface area contributed by atoms with Crippen molar-refractivity contribution in [1.82, 2.24) is 10.3 Å². The van der Waals surface area contributed by atoms with Crippen molar-refractivity contribution in [2.45, 2.75) is 23.4 Å². The summed E-state index contributed by atoms with van der Waals surface area (Å²) in [5.74, 6) is 0. The van der Waals surface area contributed by atoms with Crippen LogP contribution in [0.25, 0.3) is 0 Å². The monoisotopic (exact) mass is 407 g/mol. The van der Waals surface area contributed by atoms with Gasteiger partial charge in [-0.25, -0.2) is 9.37 Å². The molecule has 0 saturated carbocycles. The third-order valence-corrected chi connectivity index (χ3v) is 4.32. The Labute approximate surface area is 160 Å². The molecule has 0 bridgehead atoms. The number of carbonyl (C=O) groups excluding carboxylic acids is 1. The summed E-state index contributed by atoms with van der Waals surface area (Å²) < 4.78 is 12.7. The van der Waals surface area contributed by atoms with Crippen LogP contribution in [0.5, 0.6) is 0 Å². The standard InChI is InChI=1S/C14H18FN3OS.C2H2Cl2O/c1-17-12(7-15)13(19)10-4-2-9(3-5-10)6-11-8-18-14(16)20-11;3-2(4)1-5/h2-5,8,12-13,17,19H,6-7H2,1H3,(H2,16,18);1-2H. The maximum absolute atomic E-state index is 12.7. The number of nitrogens with two attached hydrogens (primary N) is 1. The molecule has 4 N–H and O–H groups in total. The topological polar surface area (TPSA) is 88.2 Å². The van der Waals surface area contributed by atoms with Gasteiger partial charge in [0.05, 0.1) is 12.1 Å². The first kappa shape index (κ1) is 21.8. The zero-order valence-electron chi connectivity index (χ0n) is 13.5. The third-order valence-electron chi connectivity index (χ3n) is 3.29. The lowest BCUT2D eigenvalue weighted by molar-refractivity contribution is -0.106. The molecule has 1 aromatic carbocycles. The predicted molar refractivity (Wildman–Crippen MR) is 101 cm³/mol. The molecule has 0 aliphatic carbocycles. The first-order valence-corrected chi connectivity index (χ1v) is 9.04. The quantitative estimate of drug-likeness (QED) is 0.484. The van der Waals surface area contributed by atoms with Crippen LogP contribution in [0, 0.1) is 0 Å². The van der Waals surface area contributed by atoms with Gasteiger partial charge in [-0.2, -0.15) is 0 Å². The highest BCUT2D eigenvalue weighted by atomic mass is 35.5. The number of nitrogen functional groups attached to an aromatic ring is 1. The number of aldehydes is 1. The number of aliphatic hydroxyl groups is 1. The van der Waals surface area contributed by atoms with Gasteiger partial charge in [-0.15, -0.1) is 11.3 Å². The largest absolute Gasteiger partial charge is 0.387 e. The van der Waals surface area contributed by atoms with Gasteiger partial charge in [0.1, 0.15) is 6.67 Å². The van der Waals surface area contributed by atoms with E-state index in [9.17, 15) is 14.3 Å². The number of carbonyl (C=O) groups is 1. The number of hydrogen-bond acceptors (Lipinski definition) is 6. The first-order valence-electron chi connectivity index (χ1n) is 7.35. The molecule has 0 aliphatic heterocycles. The van der Waals surface area contributed by atoms with Crippen LogP contribution in [-0.2, 0) is 11.2 Å². The fourth-order valence-electron chi connectivity index (χ4n) is 1.99. The molecular formula is C16H20Cl2FN3O2S. The fourth-order valence-corrected chi connectivity index (χ4v) is 2.71. The van der Waals surface area contributed by atoms with E-state index in [2.05, 4.69) is 10.3 Å². The summed E-state index contributed by atoms with van der Waals surface area (Å²) in [5, 5.41) is 13.4. The fraction of sp³-hybridized carbons (Fsp3) is 0.375. The number of halogens is 3. The Hall–Kier alpha value is -1.25. The zero-order valence-corrected chi connectivity index (χ0v) is 15.9. The number of rotatable bonds is 7. The molecule has 0 spiro atoms. The van der Waals surface area contributed by atoms with E-state index in [1.54, 1.807) is 13.2 Å². The second kappa shape index (κ2) is 11.4. The number of aromatic nitrogens is 1. The summed E-state index contributed by atoms with van der Waals surface area (Å²) in [6.45, 7) is -0.612. The summed E-state index contributed by atoms with van der Waals surface area (Å²) in [7, 11) is 1.63. The molecule has 25 heavy (non-hydrogen) atoms. The third kappa shape index (κ3) is 7.66. The van der Waals surface area contributed by atoms with E-state index in [0.29, 0.717) is 17.0 Å². The number of likely N-dealkylation sites (N-methyl/N-ethyl adjacent to an activating group) is 1. The predicted octanol–water partition coefficient (Wildman–Crippen LogP) is 2.90. The normalized spacial score (nSPS) is 13.0. The molecule has 9 heteroatoms. The summed E-state index contributed by atoms with van der Waals surface area (Å²) >= 11 is 11.2. The number of aliphatic hydroxyl groups excluding tert-OH is 1. The summed E-state index contributed by atoms with van der Waals surface area (Å²) in [5.41, 5.74) is 7.40. The van der Waals surface area contributed by atoms with Crippen molar-refractivity contribution in [1.29, 1.82) is 0 Å². The molecule has 0 amide bonds. The van der Waals surface area contributed by atoms with E-state index >= 15 is 0 Å². The smallest absolute Gasteiger partial charge is 0.180 e. The van der Waals surface area contributed by atoms with E-state index in [0.717, 1.165) is 16.9 Å². The number of alkyl halides is 3. The zero-order chi connectivity index (χ0) is 18.8. The van der Waals surface area contributed by atoms with Gasteiger partial charge in [0.2, 0.25) is 0 Å². The van der Waals surface area contributed by atoms with Gasteiger partial charge in [0.15, 0.2) is 16.3 Å². The van der Waals surface area contributed by atoms with Gasteiger partial charge in [-0.1, -0.05) is 47.5 Å². The SMILES string of the molecule is CNC(CF)C(O)c1ccc(Cc2cnc(N)s2)cc1.O=CC(Cl)Cl. The highest BCUT2D eigenvalue weighted by Crippen LogP contribution is 2.21. The van der Waals surface area contributed by atoms with Crippen LogP contribution in [0.4, 0.5) is 9.52 Å². The molecule has 2 rings (SSSR count). The maximum atomic E-state index is 12.7. The van der Waals surface area contributed by atoms with Gasteiger partial charge in [-0.3, -0.25) is 0 Å². The molecule has 2 atom stereocenters. The molecule has 5 nitrogen and oxygen atoms in total. The molecule has 0 fully saturated rings. The molecule has 1 heterocycles. The number of hydrogen-bond donors (Lipinski definition) is 3. The molecule has 0 radical (unpaired) electrons. The van der Waals surface area contributed by atoms with Crippen LogP contribution in [0.15, 0.2) is 30.5 Å². The first-order chi connectivity index (χ1) is 11.9. The van der Waals surface area contributed by atoms with E-state index < -0.39 is 23.7 Å². The summed E-state index contributed by atoms with van der Waals surface area (Å²) in [6.07, 6.45) is 2.12. The van der Waals surface area contributed by atoms with Crippen molar-refractivity contribution in [3.8, 4) is 0 Å². The average Bonchev–Trinajstić information content (AvgIpc) is 3.02. The lowest BCUT2D eigenvalue weighted by atomic mass is 10.0. The van der Waals surface area contributed by atoms with E-state index in [-0.39, 0.29) is 0 Å². The molecule has 2 aromatic rings. The van der Waals surface area contributed by atoms with Crippen molar-refractivity contribution in [2.75, 3.05) is 19.5 Å². The molecular weight excluding hydrogens is 388 g/mol. The van der Waals surface area contributed by atoms with E-state index in [1.165, 1.54) is 11.3 Å². The minimum atomic E-state index is -0.852. The van der Waals surface area contributed by atoms with Crippen molar-refractivity contribution < 1.29 is 14.3 Å². The van der Waals surface area contributed by atoms with Gasteiger partial charge in [-0.05, 0) is 18.2 Å². The molecule has 0 saturated heterocycles. The van der Waals surface area contributed by atoms with E-state index in [1.807, 2.05) is 24.3 Å². The Kier molecular flexibility index (Phi) is 9.92. The molecule has 138 valence electrons. The Bertz CT molecular complexity index is 637. The van der Waals surface area contributed by atoms with Gasteiger partial charge < -0.3 is 21.0 Å². The van der Waals surface area contributed by atoms with Crippen LogP contribution >= 0.6 is 34.5 Å². The second-order valence-corrected chi connectivity index (χ2v) is 7.36. The number of benzene rings is 1. The lowest BCUT2D eigenvalue weighted by Gasteiger charge is -2.19. The molecule has 0 aliphatic rings. The number of nitrogens with zero attached hydrogens (tertiary/aromatic N) is 1. The maximum Gasteiger partial charge on any atom is 0.180 e. The minimum absolute atomic E-state index is 0.448. The van der Waals surface area contributed by atoms with Crippen molar-refractivity contribution >= 4 is 46.0 Å². The highest BCUT2D eigenvalue weighted by molar-refractivity contribution is 7.15. The van der Waals surface area contributed by atoms with Gasteiger partial charge in [0, 0.05) is 17.5 Å². The number of anilines is 1. The molecule has 1 aromatic heterocycles. The Morgan fingerprint density at radius 1 is 1.40 bits per heavy atom. The van der Waals surface area contributed by atoms with Crippen LogP contribution in [0.1, 0.15) is 22.1 Å². The van der Waals surface area contributed by atoms with E-state index in [4.69, 9.17) is 28.9 Å². The van der Waals surface area contributed by atoms with Crippen molar-refractivity contribution in [3.05, 3.63) is 46.5 Å². The van der Waals surface area contributed by atoms with Crippen molar-refractivity contribution in [2.24, 2.45) is 0 Å². The van der Waals surface area contributed by atoms with Crippen LogP contribution in [0.2, 0.25) is 0 Å². The summed E-state index contributed by atoms with van der Waals surface area (Å²) in [4.78, 5) is 13.5. The van der Waals surface area contributed by atoms with Crippen LogP contribution in [-0.4, -0.2) is 41.0 Å². The second-order valence-electron chi connectivity index (χ2n) is 5.05. The Balaban J connectivity index is 0.000000550. The summed E-state index contributed by atoms with van der Waals surface area (Å²) in [6, 6.07) is 6.93. The highest BCUT2D eigenvalue weighted by Gasteiger charge is 2.18. The molecule has 2 unspecified atom stereocenters. The Morgan fingerprint density at radius 2 is 2.00 bits per heavy atom. The minimum Gasteiger partial charge on any atom is -0.387 e. The lowest BCUT2D eigenvalue weighted by Crippen LogP contribution is -2.33.